The summed E-state index contributed by atoms with van der Waals surface area (Å²) < 4.78 is 0. The van der Waals surface area contributed by atoms with Crippen molar-refractivity contribution in [2.75, 3.05) is 0 Å². The molecule has 0 saturated carbocycles. The van der Waals surface area contributed by atoms with Crippen LogP contribution >= 0.6 is 0 Å². The molecule has 0 atom stereocenters. The molecule has 0 aromatic rings. The lowest BCUT2D eigenvalue weighted by Crippen LogP contribution is -1.79. The van der Waals surface area contributed by atoms with E-state index in [2.05, 4.69) is 37.8 Å². The SMILES string of the molecule is CCCCC1=CC(C)=C=CC=C1. The largest absolute Gasteiger partial charge is 0.118 e. The fraction of sp³-hybridized carbons (Fsp3) is 0.417. The molecule has 1 rings (SSSR count). The van der Waals surface area contributed by atoms with Gasteiger partial charge >= 0.3 is 0 Å². The first-order valence-electron chi connectivity index (χ1n) is 4.63. The number of unbranched alkanes of at least 4 members (excludes halogenated alkanes) is 1. The van der Waals surface area contributed by atoms with Crippen molar-refractivity contribution >= 4 is 0 Å². The lowest BCUT2D eigenvalue weighted by molar-refractivity contribution is 0.797. The summed E-state index contributed by atoms with van der Waals surface area (Å²) in [7, 11) is 0. The molecule has 0 N–H and O–H groups in total. The first kappa shape index (κ1) is 9.09. The van der Waals surface area contributed by atoms with E-state index in [1.54, 1.807) is 0 Å². The van der Waals surface area contributed by atoms with E-state index in [0.717, 1.165) is 0 Å². The Morgan fingerprint density at radius 1 is 1.42 bits per heavy atom. The summed E-state index contributed by atoms with van der Waals surface area (Å²) >= 11 is 0. The first-order chi connectivity index (χ1) is 5.83. The number of rotatable bonds is 3. The Morgan fingerprint density at radius 3 is 3.00 bits per heavy atom. The van der Waals surface area contributed by atoms with Gasteiger partial charge in [0.2, 0.25) is 0 Å². The quantitative estimate of drug-likeness (QED) is 0.551. The predicted octanol–water partition coefficient (Wildman–Crippen LogP) is 3.77. The van der Waals surface area contributed by atoms with Crippen molar-refractivity contribution in [1.82, 2.24) is 0 Å². The zero-order valence-corrected chi connectivity index (χ0v) is 7.93. The number of hydrogen-bond acceptors (Lipinski definition) is 0. The highest BCUT2D eigenvalue weighted by Gasteiger charge is 1.93. The van der Waals surface area contributed by atoms with Crippen molar-refractivity contribution in [2.45, 2.75) is 33.1 Å². The minimum atomic E-state index is 1.19. The van der Waals surface area contributed by atoms with E-state index in [4.69, 9.17) is 0 Å². The maximum absolute atomic E-state index is 3.18. The van der Waals surface area contributed by atoms with E-state index in [0.29, 0.717) is 0 Å². The average Bonchev–Trinajstić information content (AvgIpc) is 2.26. The van der Waals surface area contributed by atoms with Crippen LogP contribution in [0.1, 0.15) is 33.1 Å². The second kappa shape index (κ2) is 4.79. The van der Waals surface area contributed by atoms with Crippen LogP contribution in [0.25, 0.3) is 0 Å². The van der Waals surface area contributed by atoms with Gasteiger partial charge in [-0.1, -0.05) is 25.5 Å². The Bertz CT molecular complexity index is 258. The molecule has 0 saturated heterocycles. The van der Waals surface area contributed by atoms with Gasteiger partial charge in [-0.2, -0.15) is 0 Å². The van der Waals surface area contributed by atoms with Gasteiger partial charge in [0.1, 0.15) is 0 Å². The fourth-order valence-electron chi connectivity index (χ4n) is 1.26. The summed E-state index contributed by atoms with van der Waals surface area (Å²) in [6, 6.07) is 0. The van der Waals surface area contributed by atoms with Gasteiger partial charge in [0.15, 0.2) is 0 Å². The molecule has 0 fully saturated rings. The number of allylic oxidation sites excluding steroid dienone is 5. The first-order valence-corrected chi connectivity index (χ1v) is 4.63. The normalized spacial score (nSPS) is 15.5. The molecule has 1 aliphatic rings. The van der Waals surface area contributed by atoms with Crippen molar-refractivity contribution in [2.24, 2.45) is 0 Å². The zero-order chi connectivity index (χ0) is 8.81. The van der Waals surface area contributed by atoms with Gasteiger partial charge in [-0.15, -0.1) is 5.73 Å². The average molecular weight is 160 g/mol. The van der Waals surface area contributed by atoms with Gasteiger partial charge in [0.05, 0.1) is 0 Å². The Morgan fingerprint density at radius 2 is 2.25 bits per heavy atom. The van der Waals surface area contributed by atoms with Crippen LogP contribution < -0.4 is 0 Å². The maximum atomic E-state index is 3.18. The summed E-state index contributed by atoms with van der Waals surface area (Å²) in [6.45, 7) is 4.32. The van der Waals surface area contributed by atoms with Crippen LogP contribution in [0, 0.1) is 0 Å². The molecule has 0 radical (unpaired) electrons. The van der Waals surface area contributed by atoms with Crippen LogP contribution in [0.5, 0.6) is 0 Å². The van der Waals surface area contributed by atoms with Gasteiger partial charge in [0, 0.05) is 0 Å². The molecule has 0 nitrogen and oxygen atoms in total. The molecule has 1 aliphatic carbocycles. The minimum Gasteiger partial charge on any atom is -0.118 e. The lowest BCUT2D eigenvalue weighted by Gasteiger charge is -1.98. The van der Waals surface area contributed by atoms with Crippen molar-refractivity contribution in [3.05, 3.63) is 41.2 Å². The second-order valence-electron chi connectivity index (χ2n) is 3.18. The summed E-state index contributed by atoms with van der Waals surface area (Å²) in [4.78, 5) is 0. The van der Waals surface area contributed by atoms with Crippen molar-refractivity contribution in [3.8, 4) is 0 Å². The van der Waals surface area contributed by atoms with Crippen LogP contribution in [0.15, 0.2) is 41.2 Å². The van der Waals surface area contributed by atoms with Crippen LogP contribution in [0.3, 0.4) is 0 Å². The highest BCUT2D eigenvalue weighted by molar-refractivity contribution is 5.33. The zero-order valence-electron chi connectivity index (χ0n) is 7.93. The third-order valence-corrected chi connectivity index (χ3v) is 1.94. The molecule has 12 heavy (non-hydrogen) atoms. The van der Waals surface area contributed by atoms with Crippen molar-refractivity contribution in [3.63, 3.8) is 0 Å². The molecule has 64 valence electrons. The standard InChI is InChI=1S/C12H16/c1-3-4-8-12-9-6-5-7-11(2)10-12/h5-6,9-10H,3-4,8H2,1-2H3. The Balaban J connectivity index is 2.61. The number of hydrogen-bond donors (Lipinski definition) is 0. The summed E-state index contributed by atoms with van der Waals surface area (Å²) in [5, 5.41) is 0. The maximum Gasteiger partial charge on any atom is -0.00887 e. The fourth-order valence-corrected chi connectivity index (χ4v) is 1.26. The van der Waals surface area contributed by atoms with Gasteiger partial charge in [-0.25, -0.2) is 0 Å². The van der Waals surface area contributed by atoms with E-state index in [-0.39, 0.29) is 0 Å². The molecule has 0 aromatic carbocycles. The molecule has 0 unspecified atom stereocenters. The minimum absolute atomic E-state index is 1.19. The molecule has 0 aliphatic heterocycles. The summed E-state index contributed by atoms with van der Waals surface area (Å²) in [5.74, 6) is 0. The highest BCUT2D eigenvalue weighted by Crippen LogP contribution is 2.13. The third-order valence-electron chi connectivity index (χ3n) is 1.94. The molecule has 0 amide bonds. The topological polar surface area (TPSA) is 0 Å². The molecular formula is C12H16. The van der Waals surface area contributed by atoms with Crippen LogP contribution in [-0.4, -0.2) is 0 Å². The van der Waals surface area contributed by atoms with Gasteiger partial charge in [-0.3, -0.25) is 0 Å². The van der Waals surface area contributed by atoms with Crippen LogP contribution in [0.4, 0.5) is 0 Å². The smallest absolute Gasteiger partial charge is 0.00887 e. The monoisotopic (exact) mass is 160 g/mol. The van der Waals surface area contributed by atoms with E-state index in [1.807, 2.05) is 6.08 Å². The Labute approximate surface area is 75.0 Å². The van der Waals surface area contributed by atoms with Crippen LogP contribution in [0.2, 0.25) is 0 Å². The van der Waals surface area contributed by atoms with Gasteiger partial charge in [-0.05, 0) is 43.1 Å². The molecule has 0 bridgehead atoms. The van der Waals surface area contributed by atoms with Gasteiger partial charge in [0.25, 0.3) is 0 Å². The molecule has 0 heteroatoms. The van der Waals surface area contributed by atoms with E-state index in [1.165, 1.54) is 30.4 Å². The van der Waals surface area contributed by atoms with Crippen LogP contribution in [-0.2, 0) is 0 Å². The molecular weight excluding hydrogens is 144 g/mol. The lowest BCUT2D eigenvalue weighted by atomic mass is 10.1. The van der Waals surface area contributed by atoms with E-state index < -0.39 is 0 Å². The Hall–Kier alpha value is -1.00. The second-order valence-corrected chi connectivity index (χ2v) is 3.18. The van der Waals surface area contributed by atoms with Gasteiger partial charge < -0.3 is 0 Å². The summed E-state index contributed by atoms with van der Waals surface area (Å²) in [6.07, 6.45) is 12.2. The van der Waals surface area contributed by atoms with Crippen molar-refractivity contribution in [1.29, 1.82) is 0 Å². The molecule has 0 aromatic heterocycles. The molecule has 0 spiro atoms. The summed E-state index contributed by atoms with van der Waals surface area (Å²) in [5.41, 5.74) is 5.83. The van der Waals surface area contributed by atoms with E-state index in [9.17, 15) is 0 Å². The van der Waals surface area contributed by atoms with E-state index >= 15 is 0 Å². The third kappa shape index (κ3) is 2.94. The predicted molar refractivity (Wildman–Crippen MR) is 54.0 cm³/mol. The van der Waals surface area contributed by atoms with Crippen molar-refractivity contribution < 1.29 is 0 Å². The molecule has 0 heterocycles. The highest BCUT2D eigenvalue weighted by atomic mass is 14.0. The Kier molecular flexibility index (Phi) is 3.63.